The van der Waals surface area contributed by atoms with E-state index in [2.05, 4.69) is 66.2 Å². The molecule has 1 aromatic rings. The first kappa shape index (κ1) is 29.8. The molecule has 0 heterocycles. The Labute approximate surface area is 215 Å². The van der Waals surface area contributed by atoms with Crippen LogP contribution in [0.25, 0.3) is 0 Å². The first-order valence-corrected chi connectivity index (χ1v) is 15.1. The van der Waals surface area contributed by atoms with E-state index in [1.54, 1.807) is 6.21 Å². The van der Waals surface area contributed by atoms with Crippen molar-refractivity contribution in [2.45, 2.75) is 124 Å². The molecule has 0 bridgehead atoms. The third kappa shape index (κ3) is 9.20. The monoisotopic (exact) mass is 506 g/mol. The molecule has 0 spiro atoms. The van der Waals surface area contributed by atoms with Crippen LogP contribution < -0.4 is 4.72 Å². The summed E-state index contributed by atoms with van der Waals surface area (Å²) < 4.78 is 29.1. The molecule has 6 heteroatoms. The SMILES string of the molecule is CC(C)C[C@@H](CS(=O)(=O)N[C@@H](C)C1CCCCC1)N=Cc1cc(C(C)(C)C)cc(C(C)(C)C)c1O. The molecule has 0 amide bonds. The molecular formula is C29H50N2O3S. The number of nitrogens with zero attached hydrogens (tertiary/aromatic N) is 1. The summed E-state index contributed by atoms with van der Waals surface area (Å²) in [4.78, 5) is 4.74. The average Bonchev–Trinajstić information content (AvgIpc) is 2.70. The van der Waals surface area contributed by atoms with Crippen molar-refractivity contribution >= 4 is 16.2 Å². The zero-order valence-corrected chi connectivity index (χ0v) is 24.4. The number of phenols is 1. The second kappa shape index (κ2) is 11.8. The van der Waals surface area contributed by atoms with E-state index in [1.807, 2.05) is 13.0 Å². The lowest BCUT2D eigenvalue weighted by molar-refractivity contribution is 0.303. The first-order valence-electron chi connectivity index (χ1n) is 13.4. The van der Waals surface area contributed by atoms with Crippen LogP contribution in [0.3, 0.4) is 0 Å². The van der Waals surface area contributed by atoms with E-state index in [0.29, 0.717) is 23.8 Å². The minimum atomic E-state index is -3.48. The van der Waals surface area contributed by atoms with E-state index in [-0.39, 0.29) is 34.4 Å². The number of aliphatic imine (C=N–C) groups is 1. The van der Waals surface area contributed by atoms with Gasteiger partial charge < -0.3 is 5.11 Å². The van der Waals surface area contributed by atoms with Gasteiger partial charge in [0.1, 0.15) is 5.75 Å². The molecule has 0 saturated heterocycles. The van der Waals surface area contributed by atoms with Crippen molar-refractivity contribution in [2.75, 3.05) is 5.75 Å². The Balaban J connectivity index is 2.31. The van der Waals surface area contributed by atoms with Crippen LogP contribution >= 0.6 is 0 Å². The Morgan fingerprint density at radius 3 is 2.14 bits per heavy atom. The summed E-state index contributed by atoms with van der Waals surface area (Å²) in [5.41, 5.74) is 2.33. The molecule has 0 radical (unpaired) electrons. The minimum absolute atomic E-state index is 0.0371. The number of hydrogen-bond acceptors (Lipinski definition) is 4. The lowest BCUT2D eigenvalue weighted by Crippen LogP contribution is -2.42. The van der Waals surface area contributed by atoms with Crippen molar-refractivity contribution in [3.8, 4) is 5.75 Å². The van der Waals surface area contributed by atoms with Crippen LogP contribution in [-0.2, 0) is 20.9 Å². The molecule has 0 aliphatic heterocycles. The topological polar surface area (TPSA) is 78.8 Å². The van der Waals surface area contributed by atoms with Crippen LogP contribution in [0.5, 0.6) is 5.75 Å². The molecule has 0 unspecified atom stereocenters. The van der Waals surface area contributed by atoms with E-state index in [0.717, 1.165) is 24.0 Å². The maximum Gasteiger partial charge on any atom is 0.213 e. The van der Waals surface area contributed by atoms with E-state index >= 15 is 0 Å². The van der Waals surface area contributed by atoms with Gasteiger partial charge in [-0.1, -0.05) is 80.7 Å². The van der Waals surface area contributed by atoms with Crippen LogP contribution in [0.4, 0.5) is 0 Å². The van der Waals surface area contributed by atoms with E-state index in [4.69, 9.17) is 4.99 Å². The third-order valence-corrected chi connectivity index (χ3v) is 8.67. The van der Waals surface area contributed by atoms with Crippen molar-refractivity contribution in [3.05, 3.63) is 28.8 Å². The van der Waals surface area contributed by atoms with Crippen molar-refractivity contribution < 1.29 is 13.5 Å². The average molecular weight is 507 g/mol. The molecular weight excluding hydrogens is 456 g/mol. The van der Waals surface area contributed by atoms with Crippen LogP contribution in [0, 0.1) is 11.8 Å². The molecule has 1 aliphatic carbocycles. The number of phenolic OH excluding ortho intramolecular Hbond substituents is 1. The van der Waals surface area contributed by atoms with Gasteiger partial charge in [-0.25, -0.2) is 13.1 Å². The third-order valence-electron chi connectivity index (χ3n) is 7.12. The van der Waals surface area contributed by atoms with Gasteiger partial charge in [0.2, 0.25) is 10.0 Å². The fourth-order valence-electron chi connectivity index (χ4n) is 4.98. The summed E-state index contributed by atoms with van der Waals surface area (Å²) in [7, 11) is -3.48. The highest BCUT2D eigenvalue weighted by molar-refractivity contribution is 7.89. The van der Waals surface area contributed by atoms with Gasteiger partial charge in [0.15, 0.2) is 0 Å². The van der Waals surface area contributed by atoms with Gasteiger partial charge >= 0.3 is 0 Å². The van der Waals surface area contributed by atoms with Crippen LogP contribution in [0.2, 0.25) is 0 Å². The minimum Gasteiger partial charge on any atom is -0.507 e. The zero-order valence-electron chi connectivity index (χ0n) is 23.6. The summed E-state index contributed by atoms with van der Waals surface area (Å²) in [5.74, 6) is 0.913. The van der Waals surface area contributed by atoms with Gasteiger partial charge in [-0.05, 0) is 60.5 Å². The lowest BCUT2D eigenvalue weighted by atomic mass is 9.79. The highest BCUT2D eigenvalue weighted by Gasteiger charge is 2.27. The summed E-state index contributed by atoms with van der Waals surface area (Å²) in [5, 5.41) is 11.1. The predicted molar refractivity (Wildman–Crippen MR) is 149 cm³/mol. The number of sulfonamides is 1. The molecule has 35 heavy (non-hydrogen) atoms. The normalized spacial score (nSPS) is 18.3. The fourth-order valence-corrected chi connectivity index (χ4v) is 6.56. The van der Waals surface area contributed by atoms with Crippen molar-refractivity contribution in [3.63, 3.8) is 0 Å². The molecule has 2 atom stereocenters. The number of rotatable bonds is 9. The van der Waals surface area contributed by atoms with Crippen LogP contribution in [-0.4, -0.2) is 37.6 Å². The molecule has 0 aromatic heterocycles. The predicted octanol–water partition coefficient (Wildman–Crippen LogP) is 6.71. The molecule has 1 saturated carbocycles. The number of hydrogen-bond donors (Lipinski definition) is 2. The number of aromatic hydroxyl groups is 1. The second-order valence-corrected chi connectivity index (χ2v) is 14.9. The van der Waals surface area contributed by atoms with Gasteiger partial charge in [0.05, 0.1) is 11.8 Å². The Bertz CT molecular complexity index is 963. The smallest absolute Gasteiger partial charge is 0.213 e. The summed E-state index contributed by atoms with van der Waals surface area (Å²) in [6.45, 7) is 18.9. The lowest BCUT2D eigenvalue weighted by Gasteiger charge is -2.28. The first-order chi connectivity index (χ1) is 16.0. The van der Waals surface area contributed by atoms with Crippen LogP contribution in [0.15, 0.2) is 17.1 Å². The molecule has 1 fully saturated rings. The Morgan fingerprint density at radius 2 is 1.63 bits per heavy atom. The molecule has 5 nitrogen and oxygen atoms in total. The van der Waals surface area contributed by atoms with Crippen molar-refractivity contribution in [1.82, 2.24) is 4.72 Å². The summed E-state index contributed by atoms with van der Waals surface area (Å²) in [6.07, 6.45) is 8.16. The van der Waals surface area contributed by atoms with Crippen LogP contribution in [0.1, 0.15) is 118 Å². The highest BCUT2D eigenvalue weighted by atomic mass is 32.2. The van der Waals surface area contributed by atoms with Gasteiger partial charge in [-0.2, -0.15) is 0 Å². The number of benzene rings is 1. The van der Waals surface area contributed by atoms with Crippen molar-refractivity contribution in [1.29, 1.82) is 0 Å². The maximum absolute atomic E-state index is 13.1. The van der Waals surface area contributed by atoms with Gasteiger partial charge in [-0.3, -0.25) is 4.99 Å². The molecule has 2 N–H and O–H groups in total. The Kier molecular flexibility index (Phi) is 10.0. The van der Waals surface area contributed by atoms with E-state index < -0.39 is 10.0 Å². The molecule has 1 aliphatic rings. The molecule has 2 rings (SSSR count). The summed E-state index contributed by atoms with van der Waals surface area (Å²) in [6, 6.07) is 3.64. The molecule has 1 aromatic carbocycles. The van der Waals surface area contributed by atoms with Gasteiger partial charge in [-0.15, -0.1) is 0 Å². The largest absolute Gasteiger partial charge is 0.507 e. The van der Waals surface area contributed by atoms with E-state index in [9.17, 15) is 13.5 Å². The van der Waals surface area contributed by atoms with Gasteiger partial charge in [0, 0.05) is 23.4 Å². The maximum atomic E-state index is 13.1. The highest BCUT2D eigenvalue weighted by Crippen LogP contribution is 2.37. The Morgan fingerprint density at radius 1 is 1.03 bits per heavy atom. The Hall–Kier alpha value is -1.40. The van der Waals surface area contributed by atoms with Gasteiger partial charge in [0.25, 0.3) is 0 Å². The summed E-state index contributed by atoms with van der Waals surface area (Å²) >= 11 is 0. The fraction of sp³-hybridized carbons (Fsp3) is 0.759. The standard InChI is InChI=1S/C29H50N2O3S/c1-20(2)15-25(19-35(33,34)31-21(3)22-13-11-10-12-14-22)30-18-23-16-24(28(4,5)6)17-26(27(23)32)29(7,8)9/h16-18,20-22,25,31-32H,10-15,19H2,1-9H3/t21-,25-/m0/s1. The quantitative estimate of drug-likeness (QED) is 0.365. The number of nitrogens with one attached hydrogen (secondary N) is 1. The second-order valence-electron chi connectivity index (χ2n) is 13.1. The zero-order chi connectivity index (χ0) is 26.6. The van der Waals surface area contributed by atoms with Crippen molar-refractivity contribution in [2.24, 2.45) is 16.8 Å². The van der Waals surface area contributed by atoms with E-state index in [1.165, 1.54) is 19.3 Å². The molecule has 200 valence electrons.